The molecule has 3 aromatic carbocycles. The lowest BCUT2D eigenvalue weighted by Crippen LogP contribution is -2.10. The van der Waals surface area contributed by atoms with E-state index in [0.717, 1.165) is 16.8 Å². The summed E-state index contributed by atoms with van der Waals surface area (Å²) in [5.41, 5.74) is 3.27. The van der Waals surface area contributed by atoms with Gasteiger partial charge in [0.1, 0.15) is 4.90 Å². The highest BCUT2D eigenvalue weighted by molar-refractivity contribution is 7.87. The van der Waals surface area contributed by atoms with E-state index in [2.05, 4.69) is 4.99 Å². The van der Waals surface area contributed by atoms with Gasteiger partial charge in [-0.2, -0.15) is 8.42 Å². The van der Waals surface area contributed by atoms with Crippen LogP contribution in [0.4, 0.5) is 5.69 Å². The summed E-state index contributed by atoms with van der Waals surface area (Å²) in [6, 6.07) is 16.6. The van der Waals surface area contributed by atoms with Gasteiger partial charge in [0.2, 0.25) is 0 Å². The van der Waals surface area contributed by atoms with Crippen molar-refractivity contribution in [3.63, 3.8) is 0 Å². The van der Waals surface area contributed by atoms with Gasteiger partial charge in [0, 0.05) is 11.2 Å². The van der Waals surface area contributed by atoms with Gasteiger partial charge in [-0.25, -0.2) is 0 Å². The molecule has 0 fully saturated rings. The van der Waals surface area contributed by atoms with E-state index < -0.39 is 10.1 Å². The Morgan fingerprint density at radius 2 is 1.64 bits per heavy atom. The molecule has 0 unspecified atom stereocenters. The van der Waals surface area contributed by atoms with Gasteiger partial charge in [0.15, 0.2) is 5.75 Å². The maximum absolute atomic E-state index is 12.4. The van der Waals surface area contributed by atoms with Crippen molar-refractivity contribution in [1.82, 2.24) is 0 Å². The highest BCUT2D eigenvalue weighted by Gasteiger charge is 2.18. The molecule has 0 atom stereocenters. The molecule has 4 nitrogen and oxygen atoms in total. The van der Waals surface area contributed by atoms with Crippen molar-refractivity contribution in [2.45, 2.75) is 18.7 Å². The van der Waals surface area contributed by atoms with Crippen molar-refractivity contribution in [2.24, 2.45) is 4.99 Å². The summed E-state index contributed by atoms with van der Waals surface area (Å²) in [5, 5.41) is 0.806. The van der Waals surface area contributed by atoms with Crippen LogP contribution < -0.4 is 4.18 Å². The molecule has 0 amide bonds. The molecule has 7 heteroatoms. The van der Waals surface area contributed by atoms with Crippen molar-refractivity contribution in [1.29, 1.82) is 0 Å². The number of rotatable bonds is 5. The quantitative estimate of drug-likeness (QED) is 0.359. The van der Waals surface area contributed by atoms with Gasteiger partial charge < -0.3 is 4.18 Å². The van der Waals surface area contributed by atoms with Crippen LogP contribution in [0.15, 0.2) is 70.6 Å². The van der Waals surface area contributed by atoms with Crippen LogP contribution in [0.3, 0.4) is 0 Å². The van der Waals surface area contributed by atoms with Gasteiger partial charge in [0.25, 0.3) is 0 Å². The lowest BCUT2D eigenvalue weighted by atomic mass is 10.2. The van der Waals surface area contributed by atoms with Gasteiger partial charge >= 0.3 is 10.1 Å². The average Bonchev–Trinajstić information content (AvgIpc) is 2.65. The first kappa shape index (κ1) is 20.4. The van der Waals surface area contributed by atoms with Crippen molar-refractivity contribution >= 4 is 45.2 Å². The Hall–Kier alpha value is -2.34. The van der Waals surface area contributed by atoms with Gasteiger partial charge in [-0.3, -0.25) is 4.99 Å². The zero-order chi connectivity index (χ0) is 20.3. The zero-order valence-electron chi connectivity index (χ0n) is 15.2. The standard InChI is InChI=1S/C21H17Cl2NO3S/c1-14-6-9-17(10-7-14)28(25,26)27-21-11-8-16(12-19(21)23)13-24-20-5-3-4-18(22)15(20)2/h3-13H,1-2H3. The number of benzene rings is 3. The summed E-state index contributed by atoms with van der Waals surface area (Å²) in [7, 11) is -3.96. The summed E-state index contributed by atoms with van der Waals surface area (Å²) in [6.45, 7) is 3.76. The van der Waals surface area contributed by atoms with Crippen LogP contribution in [-0.4, -0.2) is 14.6 Å². The molecule has 0 saturated carbocycles. The zero-order valence-corrected chi connectivity index (χ0v) is 17.5. The summed E-state index contributed by atoms with van der Waals surface area (Å²) in [4.78, 5) is 4.48. The normalized spacial score (nSPS) is 11.7. The molecule has 0 aliphatic heterocycles. The molecule has 3 aromatic rings. The van der Waals surface area contributed by atoms with Crippen molar-refractivity contribution in [3.05, 3.63) is 87.4 Å². The predicted molar refractivity (Wildman–Crippen MR) is 114 cm³/mol. The second-order valence-corrected chi connectivity index (χ2v) is 8.54. The van der Waals surface area contributed by atoms with Crippen molar-refractivity contribution in [2.75, 3.05) is 0 Å². The Bertz CT molecular complexity index is 1140. The smallest absolute Gasteiger partial charge is 0.339 e. The van der Waals surface area contributed by atoms with Crippen LogP contribution in [0.25, 0.3) is 0 Å². The third-order valence-corrected chi connectivity index (χ3v) is 6.01. The van der Waals surface area contributed by atoms with Crippen LogP contribution in [0.2, 0.25) is 10.0 Å². The maximum Gasteiger partial charge on any atom is 0.339 e. The van der Waals surface area contributed by atoms with Crippen LogP contribution in [-0.2, 0) is 10.1 Å². The number of hydrogen-bond acceptors (Lipinski definition) is 4. The van der Waals surface area contributed by atoms with Crippen LogP contribution in [0.5, 0.6) is 5.75 Å². The molecule has 3 rings (SSSR count). The van der Waals surface area contributed by atoms with E-state index in [1.165, 1.54) is 18.2 Å². The average molecular weight is 434 g/mol. The van der Waals surface area contributed by atoms with E-state index in [1.807, 2.05) is 26.0 Å². The maximum atomic E-state index is 12.4. The summed E-state index contributed by atoms with van der Waals surface area (Å²) >= 11 is 12.3. The Morgan fingerprint density at radius 3 is 2.32 bits per heavy atom. The summed E-state index contributed by atoms with van der Waals surface area (Å²) in [6.07, 6.45) is 1.63. The fraction of sp³-hybridized carbons (Fsp3) is 0.0952. The first-order chi connectivity index (χ1) is 13.3. The van der Waals surface area contributed by atoms with Gasteiger partial charge in [-0.05, 0) is 67.4 Å². The minimum absolute atomic E-state index is 0.0540. The van der Waals surface area contributed by atoms with Gasteiger partial charge in [0.05, 0.1) is 10.7 Å². The monoisotopic (exact) mass is 433 g/mol. The molecule has 0 saturated heterocycles. The topological polar surface area (TPSA) is 55.7 Å². The Labute approximate surface area is 174 Å². The molecule has 0 aromatic heterocycles. The molecule has 0 heterocycles. The Morgan fingerprint density at radius 1 is 0.929 bits per heavy atom. The van der Waals surface area contributed by atoms with Crippen molar-refractivity contribution < 1.29 is 12.6 Å². The SMILES string of the molecule is Cc1ccc(S(=O)(=O)Oc2ccc(C=Nc3cccc(Cl)c3C)cc2Cl)cc1. The molecular formula is C21H17Cl2NO3S. The van der Waals surface area contributed by atoms with Crippen molar-refractivity contribution in [3.8, 4) is 5.75 Å². The molecule has 0 aliphatic carbocycles. The molecular weight excluding hydrogens is 417 g/mol. The number of nitrogens with zero attached hydrogens (tertiary/aromatic N) is 1. The second-order valence-electron chi connectivity index (χ2n) is 6.18. The molecule has 0 radical (unpaired) electrons. The van der Waals surface area contributed by atoms with E-state index in [-0.39, 0.29) is 15.7 Å². The fourth-order valence-electron chi connectivity index (χ4n) is 2.42. The summed E-state index contributed by atoms with van der Waals surface area (Å²) < 4.78 is 30.0. The molecule has 0 N–H and O–H groups in total. The third kappa shape index (κ3) is 4.73. The third-order valence-electron chi connectivity index (χ3n) is 4.06. The first-order valence-electron chi connectivity index (χ1n) is 8.36. The minimum atomic E-state index is -3.96. The number of aryl methyl sites for hydroxylation is 1. The van der Waals surface area contributed by atoms with Crippen LogP contribution >= 0.6 is 23.2 Å². The second kappa shape index (κ2) is 8.35. The van der Waals surface area contributed by atoms with Crippen LogP contribution in [0.1, 0.15) is 16.7 Å². The number of aliphatic imine (C=N–C) groups is 1. The molecule has 0 aliphatic rings. The van der Waals surface area contributed by atoms with E-state index in [1.54, 1.807) is 36.5 Å². The summed E-state index contributed by atoms with van der Waals surface area (Å²) in [5.74, 6) is 0.0540. The number of halogens is 2. The van der Waals surface area contributed by atoms with E-state index >= 15 is 0 Å². The van der Waals surface area contributed by atoms with Crippen LogP contribution in [0, 0.1) is 13.8 Å². The molecule has 0 spiro atoms. The van der Waals surface area contributed by atoms with E-state index in [9.17, 15) is 8.42 Å². The highest BCUT2D eigenvalue weighted by atomic mass is 35.5. The minimum Gasteiger partial charge on any atom is -0.377 e. The molecule has 0 bridgehead atoms. The van der Waals surface area contributed by atoms with Gasteiger partial charge in [-0.1, -0.05) is 47.0 Å². The van der Waals surface area contributed by atoms with E-state index in [4.69, 9.17) is 27.4 Å². The fourth-order valence-corrected chi connectivity index (χ4v) is 3.81. The highest BCUT2D eigenvalue weighted by Crippen LogP contribution is 2.29. The van der Waals surface area contributed by atoms with E-state index in [0.29, 0.717) is 10.6 Å². The lowest BCUT2D eigenvalue weighted by Gasteiger charge is -2.09. The molecule has 28 heavy (non-hydrogen) atoms. The number of hydrogen-bond donors (Lipinski definition) is 0. The van der Waals surface area contributed by atoms with Gasteiger partial charge in [-0.15, -0.1) is 0 Å². The first-order valence-corrected chi connectivity index (χ1v) is 10.5. The molecule has 144 valence electrons. The largest absolute Gasteiger partial charge is 0.377 e. The lowest BCUT2D eigenvalue weighted by molar-refractivity contribution is 0.486. The Kier molecular flexibility index (Phi) is 6.08. The Balaban J connectivity index is 1.81. The predicted octanol–water partition coefficient (Wildman–Crippen LogP) is 6.13.